The van der Waals surface area contributed by atoms with Gasteiger partial charge >= 0.3 is 0 Å². The van der Waals surface area contributed by atoms with Gasteiger partial charge in [0.05, 0.1) is 10.6 Å². The summed E-state index contributed by atoms with van der Waals surface area (Å²) in [6, 6.07) is 21.9. The largest absolute Gasteiger partial charge is 0.360 e. The first-order valence-electron chi connectivity index (χ1n) is 9.93. The van der Waals surface area contributed by atoms with E-state index in [2.05, 4.69) is 16.4 Å². The van der Waals surface area contributed by atoms with Crippen LogP contribution in [-0.2, 0) is 0 Å². The molecule has 1 aromatic heterocycles. The Morgan fingerprint density at radius 3 is 2.65 bits per heavy atom. The highest BCUT2D eigenvalue weighted by molar-refractivity contribution is 7.11. The van der Waals surface area contributed by atoms with E-state index in [-0.39, 0.29) is 17.0 Å². The van der Waals surface area contributed by atoms with Crippen LogP contribution >= 0.6 is 22.9 Å². The number of anilines is 1. The third-order valence-electron chi connectivity index (χ3n) is 4.84. The van der Waals surface area contributed by atoms with Gasteiger partial charge in [-0.05, 0) is 18.2 Å². The van der Waals surface area contributed by atoms with Crippen molar-refractivity contribution >= 4 is 45.7 Å². The molecule has 4 rings (SSSR count). The van der Waals surface area contributed by atoms with Gasteiger partial charge in [-0.2, -0.15) is 5.26 Å². The average Bonchev–Trinajstić information content (AvgIpc) is 3.35. The summed E-state index contributed by atoms with van der Waals surface area (Å²) >= 11 is 7.36. The van der Waals surface area contributed by atoms with E-state index in [0.29, 0.717) is 38.1 Å². The molecule has 0 saturated heterocycles. The third kappa shape index (κ3) is 5.02. The number of nitro benzene ring substituents is 1. The van der Waals surface area contributed by atoms with Gasteiger partial charge in [0, 0.05) is 51.1 Å². The number of allylic oxidation sites excluding steroid dienone is 1. The molecule has 0 fully saturated rings. The van der Waals surface area contributed by atoms with Gasteiger partial charge in [0.1, 0.15) is 16.6 Å². The lowest BCUT2D eigenvalue weighted by molar-refractivity contribution is -0.384. The summed E-state index contributed by atoms with van der Waals surface area (Å²) in [6.07, 6.45) is 1.47. The maximum atomic E-state index is 13.0. The monoisotopic (exact) mass is 486 g/mol. The molecular formula is C25H15ClN4O3S. The second-order valence-electron chi connectivity index (χ2n) is 7.04. The predicted octanol–water partition coefficient (Wildman–Crippen LogP) is 6.58. The predicted molar refractivity (Wildman–Crippen MR) is 133 cm³/mol. The van der Waals surface area contributed by atoms with Crippen LogP contribution in [0.2, 0.25) is 5.02 Å². The first-order valence-corrected chi connectivity index (χ1v) is 11.2. The Morgan fingerprint density at radius 1 is 1.12 bits per heavy atom. The molecule has 34 heavy (non-hydrogen) atoms. The number of nitriles is 1. The van der Waals surface area contributed by atoms with Crippen LogP contribution in [0, 0.1) is 21.4 Å². The lowest BCUT2D eigenvalue weighted by atomic mass is 10.0. The topological polar surface area (TPSA) is 109 Å². The van der Waals surface area contributed by atoms with Crippen LogP contribution < -0.4 is 5.32 Å². The molecular weight excluding hydrogens is 472 g/mol. The number of benzene rings is 3. The maximum absolute atomic E-state index is 13.0. The van der Waals surface area contributed by atoms with Crippen LogP contribution in [0.25, 0.3) is 16.8 Å². The molecule has 0 aliphatic heterocycles. The molecule has 0 aliphatic carbocycles. The maximum Gasteiger partial charge on any atom is 0.270 e. The van der Waals surface area contributed by atoms with Gasteiger partial charge in [0.25, 0.3) is 5.69 Å². The number of nitrogens with zero attached hydrogens (tertiary/aromatic N) is 3. The van der Waals surface area contributed by atoms with E-state index in [4.69, 9.17) is 11.6 Å². The summed E-state index contributed by atoms with van der Waals surface area (Å²) in [7, 11) is 0. The number of rotatable bonds is 7. The van der Waals surface area contributed by atoms with Crippen LogP contribution in [0.5, 0.6) is 0 Å². The average molecular weight is 487 g/mol. The van der Waals surface area contributed by atoms with Gasteiger partial charge < -0.3 is 5.32 Å². The molecule has 1 heterocycles. The van der Waals surface area contributed by atoms with Crippen molar-refractivity contribution in [2.24, 2.45) is 0 Å². The summed E-state index contributed by atoms with van der Waals surface area (Å²) in [5.41, 5.74) is 2.67. The minimum atomic E-state index is -0.470. The first kappa shape index (κ1) is 22.9. The Labute approximate surface area is 203 Å². The fourth-order valence-corrected chi connectivity index (χ4v) is 4.14. The normalized spacial score (nSPS) is 11.0. The third-order valence-corrected chi connectivity index (χ3v) is 5.95. The summed E-state index contributed by atoms with van der Waals surface area (Å²) in [4.78, 5) is 28.0. The Bertz CT molecular complexity index is 1460. The smallest absolute Gasteiger partial charge is 0.270 e. The van der Waals surface area contributed by atoms with E-state index in [1.54, 1.807) is 60.0 Å². The molecule has 0 amide bonds. The van der Waals surface area contributed by atoms with Crippen molar-refractivity contribution in [3.63, 3.8) is 0 Å². The molecule has 0 saturated carbocycles. The molecule has 9 heteroatoms. The van der Waals surface area contributed by atoms with Gasteiger partial charge in [0.15, 0.2) is 5.78 Å². The second kappa shape index (κ2) is 10.1. The molecule has 166 valence electrons. The van der Waals surface area contributed by atoms with Crippen LogP contribution in [0.1, 0.15) is 20.9 Å². The van der Waals surface area contributed by atoms with Crippen LogP contribution in [0.4, 0.5) is 11.4 Å². The SMILES string of the molecule is N#C/C(=C\Nc1ccc(Cl)cc1C(=O)c1ccccc1)c1nc(-c2cccc([N+](=O)[O-])c2)cs1. The fraction of sp³-hybridized carbons (Fsp3) is 0. The number of hydrogen-bond acceptors (Lipinski definition) is 7. The van der Waals surface area contributed by atoms with Crippen molar-refractivity contribution in [1.29, 1.82) is 5.26 Å². The number of halogens is 1. The van der Waals surface area contributed by atoms with E-state index in [9.17, 15) is 20.2 Å². The van der Waals surface area contributed by atoms with Crippen LogP contribution in [0.3, 0.4) is 0 Å². The lowest BCUT2D eigenvalue weighted by Crippen LogP contribution is -2.05. The van der Waals surface area contributed by atoms with Crippen LogP contribution in [-0.4, -0.2) is 15.7 Å². The van der Waals surface area contributed by atoms with E-state index < -0.39 is 4.92 Å². The number of non-ortho nitro benzene ring substituents is 1. The van der Waals surface area contributed by atoms with Crippen molar-refractivity contribution in [3.8, 4) is 17.3 Å². The van der Waals surface area contributed by atoms with Gasteiger partial charge in [-0.1, -0.05) is 54.1 Å². The molecule has 0 radical (unpaired) electrons. The minimum absolute atomic E-state index is 0.0388. The summed E-state index contributed by atoms with van der Waals surface area (Å²) < 4.78 is 0. The molecule has 4 aromatic rings. The standard InChI is InChI=1S/C25H15ClN4O3S/c26-19-9-10-22(21(12-19)24(31)16-5-2-1-3-6-16)28-14-18(13-27)25-29-23(15-34-25)17-7-4-8-20(11-17)30(32)33/h1-12,14-15,28H/b18-14+. The molecule has 1 N–H and O–H groups in total. The molecule has 0 unspecified atom stereocenters. The molecule has 7 nitrogen and oxygen atoms in total. The van der Waals surface area contributed by atoms with E-state index in [0.717, 1.165) is 0 Å². The van der Waals surface area contributed by atoms with Gasteiger partial charge in [-0.25, -0.2) is 4.98 Å². The molecule has 0 bridgehead atoms. The van der Waals surface area contributed by atoms with E-state index >= 15 is 0 Å². The molecule has 0 aliphatic rings. The van der Waals surface area contributed by atoms with E-state index in [1.165, 1.54) is 29.7 Å². The molecule has 0 atom stereocenters. The van der Waals surface area contributed by atoms with Crippen molar-refractivity contribution < 1.29 is 9.72 Å². The number of nitrogens with one attached hydrogen (secondary N) is 1. The van der Waals surface area contributed by atoms with Crippen LogP contribution in [0.15, 0.2) is 84.4 Å². The van der Waals surface area contributed by atoms with Crippen molar-refractivity contribution in [3.05, 3.63) is 116 Å². The second-order valence-corrected chi connectivity index (χ2v) is 8.34. The highest BCUT2D eigenvalue weighted by Crippen LogP contribution is 2.29. The minimum Gasteiger partial charge on any atom is -0.360 e. The highest BCUT2D eigenvalue weighted by Gasteiger charge is 2.15. The van der Waals surface area contributed by atoms with Gasteiger partial charge in [-0.15, -0.1) is 11.3 Å². The summed E-state index contributed by atoms with van der Waals surface area (Å²) in [5.74, 6) is -0.209. The number of carbonyl (C=O) groups is 1. The van der Waals surface area contributed by atoms with Gasteiger partial charge in [0.2, 0.25) is 0 Å². The van der Waals surface area contributed by atoms with E-state index in [1.807, 2.05) is 6.07 Å². The zero-order valence-electron chi connectivity index (χ0n) is 17.4. The quantitative estimate of drug-likeness (QED) is 0.137. The number of thiazole rings is 1. The number of carbonyl (C=O) groups excluding carboxylic acids is 1. The van der Waals surface area contributed by atoms with Gasteiger partial charge in [-0.3, -0.25) is 14.9 Å². The molecule has 3 aromatic carbocycles. The number of nitro groups is 1. The van der Waals surface area contributed by atoms with Crippen molar-refractivity contribution in [1.82, 2.24) is 4.98 Å². The Kier molecular flexibility index (Phi) is 6.78. The Hall–Kier alpha value is -4.32. The highest BCUT2D eigenvalue weighted by atomic mass is 35.5. The number of ketones is 1. The number of hydrogen-bond donors (Lipinski definition) is 1. The van der Waals surface area contributed by atoms with Crippen molar-refractivity contribution in [2.75, 3.05) is 5.32 Å². The Morgan fingerprint density at radius 2 is 1.91 bits per heavy atom. The molecule has 0 spiro atoms. The Balaban J connectivity index is 1.62. The van der Waals surface area contributed by atoms with Crippen molar-refractivity contribution in [2.45, 2.75) is 0 Å². The summed E-state index contributed by atoms with van der Waals surface area (Å²) in [5, 5.41) is 26.3. The summed E-state index contributed by atoms with van der Waals surface area (Å²) in [6.45, 7) is 0. The number of aromatic nitrogens is 1. The lowest BCUT2D eigenvalue weighted by Gasteiger charge is -2.10. The fourth-order valence-electron chi connectivity index (χ4n) is 3.18. The zero-order valence-corrected chi connectivity index (χ0v) is 19.0. The zero-order chi connectivity index (χ0) is 24.1. The first-order chi connectivity index (χ1) is 16.5.